The van der Waals surface area contributed by atoms with Crippen molar-refractivity contribution >= 4 is 31.6 Å². The molecule has 2 aromatic carbocycles. The number of benzene rings is 2. The molecule has 8 nitrogen and oxygen atoms in total. The number of hydrogen-bond donors (Lipinski definition) is 3. The molecule has 1 amide bonds. The molecule has 0 unspecified atom stereocenters. The van der Waals surface area contributed by atoms with Crippen LogP contribution in [0.5, 0.6) is 0 Å². The van der Waals surface area contributed by atoms with Crippen molar-refractivity contribution in [1.29, 1.82) is 0 Å². The van der Waals surface area contributed by atoms with Crippen LogP contribution in [0.15, 0.2) is 66.1 Å². The van der Waals surface area contributed by atoms with Crippen LogP contribution in [0.25, 0.3) is 0 Å². The van der Waals surface area contributed by atoms with E-state index < -0.39 is 26.0 Å². The van der Waals surface area contributed by atoms with Gasteiger partial charge in [-0.15, -0.1) is 6.58 Å². The number of nitrogens with one attached hydrogen (secondary N) is 3. The first-order valence-corrected chi connectivity index (χ1v) is 12.3. The summed E-state index contributed by atoms with van der Waals surface area (Å²) in [5, 5.41) is 2.69. The number of sulfonamides is 2. The minimum Gasteiger partial charge on any atom is -0.322 e. The molecular weight excluding hydrogens is 426 g/mol. The van der Waals surface area contributed by atoms with Gasteiger partial charge < -0.3 is 5.32 Å². The Bertz CT molecular complexity index is 1090. The Balaban J connectivity index is 2.03. The average molecular weight is 452 g/mol. The Morgan fingerprint density at radius 1 is 1.00 bits per heavy atom. The Morgan fingerprint density at radius 3 is 2.13 bits per heavy atom. The highest BCUT2D eigenvalue weighted by atomic mass is 32.2. The number of anilines is 1. The lowest BCUT2D eigenvalue weighted by atomic mass is 10.2. The van der Waals surface area contributed by atoms with E-state index in [1.54, 1.807) is 38.1 Å². The molecule has 3 N–H and O–H groups in total. The van der Waals surface area contributed by atoms with E-state index in [1.165, 1.54) is 30.3 Å². The monoisotopic (exact) mass is 451 g/mol. The predicted octanol–water partition coefficient (Wildman–Crippen LogP) is 2.23. The Morgan fingerprint density at radius 2 is 1.60 bits per heavy atom. The maximum atomic E-state index is 12.4. The second-order valence-corrected chi connectivity index (χ2v) is 10.4. The Hall–Kier alpha value is -2.53. The quantitative estimate of drug-likeness (QED) is 0.478. The number of amides is 1. The molecule has 0 aliphatic heterocycles. The molecule has 0 saturated heterocycles. The molecule has 0 aliphatic rings. The number of rotatable bonds is 10. The van der Waals surface area contributed by atoms with Crippen LogP contribution in [0.3, 0.4) is 0 Å². The smallest absolute Gasteiger partial charge is 0.255 e. The van der Waals surface area contributed by atoms with Gasteiger partial charge in [0.1, 0.15) is 0 Å². The maximum Gasteiger partial charge on any atom is 0.255 e. The van der Waals surface area contributed by atoms with E-state index in [4.69, 9.17) is 0 Å². The second-order valence-electron chi connectivity index (χ2n) is 6.85. The first-order chi connectivity index (χ1) is 14.0. The van der Waals surface area contributed by atoms with Gasteiger partial charge in [-0.25, -0.2) is 26.3 Å². The lowest BCUT2D eigenvalue weighted by molar-refractivity contribution is 0.102. The summed E-state index contributed by atoms with van der Waals surface area (Å²) in [7, 11) is -7.09. The fourth-order valence-electron chi connectivity index (χ4n) is 2.51. The summed E-state index contributed by atoms with van der Waals surface area (Å²) in [5.41, 5.74) is 1.34. The van der Waals surface area contributed by atoms with E-state index in [2.05, 4.69) is 21.3 Å². The third-order valence-corrected chi connectivity index (χ3v) is 6.83. The van der Waals surface area contributed by atoms with Gasteiger partial charge >= 0.3 is 0 Å². The molecule has 2 rings (SSSR count). The lowest BCUT2D eigenvalue weighted by Gasteiger charge is -2.10. The molecule has 0 saturated carbocycles. The van der Waals surface area contributed by atoms with E-state index in [0.717, 1.165) is 0 Å². The molecule has 0 aliphatic carbocycles. The zero-order valence-corrected chi connectivity index (χ0v) is 18.4. The van der Waals surface area contributed by atoms with Crippen LogP contribution in [-0.2, 0) is 25.8 Å². The first-order valence-electron chi connectivity index (χ1n) is 9.13. The molecule has 0 bridgehead atoms. The van der Waals surface area contributed by atoms with E-state index in [1.807, 2.05) is 0 Å². The van der Waals surface area contributed by atoms with Crippen molar-refractivity contribution in [2.45, 2.75) is 30.5 Å². The van der Waals surface area contributed by atoms with Crippen molar-refractivity contribution in [2.24, 2.45) is 0 Å². The third kappa shape index (κ3) is 7.06. The number of hydrogen-bond acceptors (Lipinski definition) is 5. The zero-order chi connectivity index (χ0) is 22.4. The molecule has 30 heavy (non-hydrogen) atoms. The van der Waals surface area contributed by atoms with Gasteiger partial charge in [0.05, 0.1) is 10.6 Å². The van der Waals surface area contributed by atoms with Gasteiger partial charge in [0.2, 0.25) is 20.0 Å². The highest BCUT2D eigenvalue weighted by Crippen LogP contribution is 2.15. The van der Waals surface area contributed by atoms with Crippen LogP contribution in [0.4, 0.5) is 5.69 Å². The largest absolute Gasteiger partial charge is 0.322 e. The van der Waals surface area contributed by atoms with Gasteiger partial charge in [0.15, 0.2) is 0 Å². The zero-order valence-electron chi connectivity index (χ0n) is 16.8. The molecule has 2 aromatic rings. The number of carbonyl (C=O) groups is 1. The van der Waals surface area contributed by atoms with Crippen LogP contribution in [0.2, 0.25) is 0 Å². The van der Waals surface area contributed by atoms with Crippen LogP contribution in [-0.4, -0.2) is 35.3 Å². The topological polar surface area (TPSA) is 121 Å². The Kier molecular flexibility index (Phi) is 7.90. The van der Waals surface area contributed by atoms with Gasteiger partial charge in [-0.05, 0) is 55.8 Å². The summed E-state index contributed by atoms with van der Waals surface area (Å²) in [6, 6.07) is 11.8. The fourth-order valence-corrected chi connectivity index (χ4v) is 4.86. The highest BCUT2D eigenvalue weighted by Gasteiger charge is 2.16. The number of carbonyl (C=O) groups excluding carboxylic acids is 1. The molecular formula is C20H25N3O5S2. The van der Waals surface area contributed by atoms with E-state index in [0.29, 0.717) is 16.8 Å². The molecule has 162 valence electrons. The maximum absolute atomic E-state index is 12.4. The standard InChI is InChI=1S/C20H25N3O5S2/c1-4-13-21-29(25,26)14-16-5-9-18(10-6-16)22-20(24)17-7-11-19(12-8-17)30(27,28)23-15(2)3/h4-12,15,21,23H,1,13-14H2,2-3H3,(H,22,24). The normalized spacial score (nSPS) is 12.0. The summed E-state index contributed by atoms with van der Waals surface area (Å²) in [4.78, 5) is 12.5. The van der Waals surface area contributed by atoms with Gasteiger partial charge in [-0.2, -0.15) is 0 Å². The van der Waals surface area contributed by atoms with Crippen molar-refractivity contribution < 1.29 is 21.6 Å². The van der Waals surface area contributed by atoms with Crippen LogP contribution >= 0.6 is 0 Å². The molecule has 0 spiro atoms. The summed E-state index contributed by atoms with van der Waals surface area (Å²) in [5.74, 6) is -0.598. The van der Waals surface area contributed by atoms with Crippen LogP contribution < -0.4 is 14.8 Å². The SMILES string of the molecule is C=CCNS(=O)(=O)Cc1ccc(NC(=O)c2ccc(S(=O)(=O)NC(C)C)cc2)cc1. The van der Waals surface area contributed by atoms with Crippen molar-refractivity contribution in [3.05, 3.63) is 72.3 Å². The van der Waals surface area contributed by atoms with Crippen molar-refractivity contribution in [3.63, 3.8) is 0 Å². The van der Waals surface area contributed by atoms with Crippen molar-refractivity contribution in [1.82, 2.24) is 9.44 Å². The third-order valence-electron chi connectivity index (χ3n) is 3.83. The second kappa shape index (κ2) is 9.98. The Labute approximate surface area is 177 Å². The van der Waals surface area contributed by atoms with Crippen LogP contribution in [0.1, 0.15) is 29.8 Å². The highest BCUT2D eigenvalue weighted by molar-refractivity contribution is 7.89. The predicted molar refractivity (Wildman–Crippen MR) is 117 cm³/mol. The van der Waals surface area contributed by atoms with Crippen LogP contribution in [0, 0.1) is 0 Å². The van der Waals surface area contributed by atoms with Crippen molar-refractivity contribution in [2.75, 3.05) is 11.9 Å². The molecule has 0 aromatic heterocycles. The van der Waals surface area contributed by atoms with E-state index >= 15 is 0 Å². The summed E-state index contributed by atoms with van der Waals surface area (Å²) >= 11 is 0. The molecule has 0 heterocycles. The summed E-state index contributed by atoms with van der Waals surface area (Å²) in [6.45, 7) is 7.06. The van der Waals surface area contributed by atoms with Gasteiger partial charge in [-0.3, -0.25) is 4.79 Å². The minimum absolute atomic E-state index is 0.0726. The van der Waals surface area contributed by atoms with Gasteiger partial charge in [-0.1, -0.05) is 18.2 Å². The van der Waals surface area contributed by atoms with Gasteiger partial charge in [0.25, 0.3) is 5.91 Å². The van der Waals surface area contributed by atoms with Gasteiger partial charge in [0, 0.05) is 23.8 Å². The lowest BCUT2D eigenvalue weighted by Crippen LogP contribution is -2.30. The van der Waals surface area contributed by atoms with E-state index in [9.17, 15) is 21.6 Å². The minimum atomic E-state index is -3.63. The summed E-state index contributed by atoms with van der Waals surface area (Å²) in [6.07, 6.45) is 1.46. The first kappa shape index (κ1) is 23.7. The van der Waals surface area contributed by atoms with E-state index in [-0.39, 0.29) is 23.2 Å². The molecule has 0 radical (unpaired) electrons. The molecule has 10 heteroatoms. The summed E-state index contributed by atoms with van der Waals surface area (Å²) < 4.78 is 52.9. The average Bonchev–Trinajstić information content (AvgIpc) is 2.67. The molecule has 0 atom stereocenters. The molecule has 0 fully saturated rings. The fraction of sp³-hybridized carbons (Fsp3) is 0.250. The van der Waals surface area contributed by atoms with Crippen molar-refractivity contribution in [3.8, 4) is 0 Å².